The second-order valence-corrected chi connectivity index (χ2v) is 6.80. The van der Waals surface area contributed by atoms with Gasteiger partial charge in [0.25, 0.3) is 0 Å². The number of carboxylic acid groups (broad SMARTS) is 1. The van der Waals surface area contributed by atoms with Crippen LogP contribution < -0.4 is 5.32 Å². The largest absolute Gasteiger partial charge is 0.477 e. The van der Waals surface area contributed by atoms with Crippen molar-refractivity contribution in [2.45, 2.75) is 19.9 Å². The van der Waals surface area contributed by atoms with E-state index in [-0.39, 0.29) is 5.69 Å². The molecule has 0 bridgehead atoms. The van der Waals surface area contributed by atoms with Crippen molar-refractivity contribution in [1.29, 1.82) is 5.26 Å². The number of benzene rings is 2. The van der Waals surface area contributed by atoms with Crippen LogP contribution in [-0.2, 0) is 20.0 Å². The van der Waals surface area contributed by atoms with Gasteiger partial charge in [-0.2, -0.15) is 5.26 Å². The topological polar surface area (TPSA) is 78.1 Å². The number of rotatable bonds is 6. The second kappa shape index (κ2) is 8.20. The number of nitrogens with zero attached hydrogens (tertiary/aromatic N) is 2. The zero-order chi connectivity index (χ0) is 20.3. The van der Waals surface area contributed by atoms with Crippen molar-refractivity contribution in [3.63, 3.8) is 0 Å². The van der Waals surface area contributed by atoms with Crippen molar-refractivity contribution >= 4 is 23.3 Å². The maximum atomic E-state index is 11.8. The smallest absolute Gasteiger partial charge is 0.353 e. The summed E-state index contributed by atoms with van der Waals surface area (Å²) in [5.74, 6) is -1.05. The number of carbonyl (C=O) groups is 1. The molecule has 0 aliphatic rings. The number of aromatic nitrogens is 1. The molecular weight excluding hydrogens is 374 g/mol. The first kappa shape index (κ1) is 19.5. The summed E-state index contributed by atoms with van der Waals surface area (Å²) in [5, 5.41) is 23.3. The normalized spacial score (nSPS) is 10.5. The van der Waals surface area contributed by atoms with Crippen molar-refractivity contribution in [2.24, 2.45) is 7.05 Å². The van der Waals surface area contributed by atoms with Gasteiger partial charge in [-0.3, -0.25) is 0 Å². The molecule has 5 nitrogen and oxygen atoms in total. The average Bonchev–Trinajstić information content (AvgIpc) is 2.99. The van der Waals surface area contributed by atoms with E-state index in [2.05, 4.69) is 11.4 Å². The molecule has 0 saturated carbocycles. The summed E-state index contributed by atoms with van der Waals surface area (Å²) in [7, 11) is 1.69. The fourth-order valence-corrected chi connectivity index (χ4v) is 3.60. The third-order valence-corrected chi connectivity index (χ3v) is 5.15. The second-order valence-electron chi connectivity index (χ2n) is 6.40. The van der Waals surface area contributed by atoms with Crippen LogP contribution in [0, 0.1) is 11.3 Å². The summed E-state index contributed by atoms with van der Waals surface area (Å²) >= 11 is 6.18. The standard InChI is InChI=1S/C22H20ClN3O2/c1-3-19-17(12-24)20(21(22(27)28)26(19)2)14-8-10-16(11-9-14)25-13-15-6-4-5-7-18(15)23/h4-11,25H,3,13H2,1-2H3,(H,27,28). The lowest BCUT2D eigenvalue weighted by molar-refractivity contribution is 0.0687. The van der Waals surface area contributed by atoms with Gasteiger partial charge < -0.3 is 15.0 Å². The van der Waals surface area contributed by atoms with Gasteiger partial charge in [-0.25, -0.2) is 4.79 Å². The first-order chi connectivity index (χ1) is 13.5. The van der Waals surface area contributed by atoms with Crippen molar-refractivity contribution < 1.29 is 9.90 Å². The number of anilines is 1. The van der Waals surface area contributed by atoms with Crippen LogP contribution in [0.5, 0.6) is 0 Å². The van der Waals surface area contributed by atoms with Gasteiger partial charge >= 0.3 is 5.97 Å². The molecule has 0 atom stereocenters. The summed E-state index contributed by atoms with van der Waals surface area (Å²) in [5.41, 5.74) is 4.30. The lowest BCUT2D eigenvalue weighted by Gasteiger charge is -2.09. The van der Waals surface area contributed by atoms with Gasteiger partial charge in [-0.05, 0) is 35.7 Å². The Morgan fingerprint density at radius 3 is 2.46 bits per heavy atom. The fourth-order valence-electron chi connectivity index (χ4n) is 3.39. The Morgan fingerprint density at radius 2 is 1.89 bits per heavy atom. The molecule has 2 aromatic carbocycles. The lowest BCUT2D eigenvalue weighted by atomic mass is 9.99. The number of nitrogens with one attached hydrogen (secondary N) is 1. The van der Waals surface area contributed by atoms with Crippen molar-refractivity contribution in [2.75, 3.05) is 5.32 Å². The molecule has 0 aliphatic heterocycles. The van der Waals surface area contributed by atoms with E-state index < -0.39 is 5.97 Å². The quantitative estimate of drug-likeness (QED) is 0.611. The number of nitriles is 1. The van der Waals surface area contributed by atoms with Crippen LogP contribution in [0.4, 0.5) is 5.69 Å². The van der Waals surface area contributed by atoms with E-state index in [9.17, 15) is 15.2 Å². The molecule has 3 aromatic rings. The summed E-state index contributed by atoms with van der Waals surface area (Å²) in [6.07, 6.45) is 0.581. The summed E-state index contributed by atoms with van der Waals surface area (Å²) in [6.45, 7) is 2.49. The van der Waals surface area contributed by atoms with Crippen molar-refractivity contribution in [3.8, 4) is 17.2 Å². The molecule has 0 fully saturated rings. The predicted molar refractivity (Wildman–Crippen MR) is 111 cm³/mol. The highest BCUT2D eigenvalue weighted by Crippen LogP contribution is 2.33. The minimum Gasteiger partial charge on any atom is -0.477 e. The highest BCUT2D eigenvalue weighted by Gasteiger charge is 2.25. The lowest BCUT2D eigenvalue weighted by Crippen LogP contribution is -2.07. The van der Waals surface area contributed by atoms with Gasteiger partial charge in [0.1, 0.15) is 11.8 Å². The van der Waals surface area contributed by atoms with Gasteiger partial charge in [0.2, 0.25) is 0 Å². The molecule has 0 radical (unpaired) electrons. The molecule has 0 amide bonds. The molecule has 3 rings (SSSR count). The van der Waals surface area contributed by atoms with Crippen LogP contribution in [0.15, 0.2) is 48.5 Å². The monoisotopic (exact) mass is 393 g/mol. The SMILES string of the molecule is CCc1c(C#N)c(-c2ccc(NCc3ccccc3Cl)cc2)c(C(=O)O)n1C. The molecular formula is C22H20ClN3O2. The van der Waals surface area contributed by atoms with Crippen LogP contribution >= 0.6 is 11.6 Å². The Labute approximate surface area is 168 Å². The van der Waals surface area contributed by atoms with Gasteiger partial charge in [-0.1, -0.05) is 48.9 Å². The third kappa shape index (κ3) is 3.60. The van der Waals surface area contributed by atoms with Gasteiger partial charge in [0.05, 0.1) is 5.56 Å². The summed E-state index contributed by atoms with van der Waals surface area (Å²) in [6, 6.07) is 17.2. The summed E-state index contributed by atoms with van der Waals surface area (Å²) < 4.78 is 1.60. The highest BCUT2D eigenvalue weighted by atomic mass is 35.5. The van der Waals surface area contributed by atoms with E-state index >= 15 is 0 Å². The van der Waals surface area contributed by atoms with E-state index in [0.29, 0.717) is 34.7 Å². The van der Waals surface area contributed by atoms with Crippen molar-refractivity contribution in [3.05, 3.63) is 76.1 Å². The Bertz CT molecular complexity index is 1060. The first-order valence-corrected chi connectivity index (χ1v) is 9.28. The van der Waals surface area contributed by atoms with Gasteiger partial charge in [-0.15, -0.1) is 0 Å². The summed E-state index contributed by atoms with van der Waals surface area (Å²) in [4.78, 5) is 11.8. The molecule has 1 heterocycles. The molecule has 2 N–H and O–H groups in total. The highest BCUT2D eigenvalue weighted by molar-refractivity contribution is 6.31. The minimum atomic E-state index is -1.05. The molecule has 28 heavy (non-hydrogen) atoms. The molecule has 0 saturated heterocycles. The molecule has 1 aromatic heterocycles. The average molecular weight is 394 g/mol. The number of aromatic carboxylic acids is 1. The molecule has 0 aliphatic carbocycles. The van der Waals surface area contributed by atoms with E-state index in [1.807, 2.05) is 55.5 Å². The Hall–Kier alpha value is -3.23. The zero-order valence-electron chi connectivity index (χ0n) is 15.7. The van der Waals surface area contributed by atoms with E-state index in [0.717, 1.165) is 16.9 Å². The first-order valence-electron chi connectivity index (χ1n) is 8.90. The zero-order valence-corrected chi connectivity index (χ0v) is 16.4. The maximum absolute atomic E-state index is 11.8. The number of hydrogen-bond acceptors (Lipinski definition) is 3. The number of halogens is 1. The molecule has 6 heteroatoms. The van der Waals surface area contributed by atoms with E-state index in [4.69, 9.17) is 11.6 Å². The molecule has 0 unspecified atom stereocenters. The van der Waals surface area contributed by atoms with Crippen LogP contribution in [0.1, 0.15) is 34.2 Å². The van der Waals surface area contributed by atoms with Crippen LogP contribution in [0.2, 0.25) is 5.02 Å². The maximum Gasteiger partial charge on any atom is 0.353 e. The molecule has 142 valence electrons. The van der Waals surface area contributed by atoms with Crippen LogP contribution in [0.25, 0.3) is 11.1 Å². The predicted octanol–water partition coefficient (Wildman–Crippen LogP) is 5.09. The Kier molecular flexibility index (Phi) is 5.72. The van der Waals surface area contributed by atoms with E-state index in [1.54, 1.807) is 11.6 Å². The van der Waals surface area contributed by atoms with Gasteiger partial charge in [0, 0.05) is 35.6 Å². The van der Waals surface area contributed by atoms with Crippen molar-refractivity contribution in [1.82, 2.24) is 4.57 Å². The number of hydrogen-bond donors (Lipinski definition) is 2. The minimum absolute atomic E-state index is 0.130. The van der Waals surface area contributed by atoms with Gasteiger partial charge in [0.15, 0.2) is 0 Å². The van der Waals surface area contributed by atoms with E-state index in [1.165, 1.54) is 0 Å². The van der Waals surface area contributed by atoms with Crippen LogP contribution in [-0.4, -0.2) is 15.6 Å². The molecule has 0 spiro atoms. The fraction of sp³-hybridized carbons (Fsp3) is 0.182. The van der Waals surface area contributed by atoms with Crippen LogP contribution in [0.3, 0.4) is 0 Å². The Morgan fingerprint density at radius 1 is 1.21 bits per heavy atom. The third-order valence-electron chi connectivity index (χ3n) is 4.78. The Balaban J connectivity index is 1.93. The number of carboxylic acids is 1.